The van der Waals surface area contributed by atoms with Crippen molar-refractivity contribution in [2.24, 2.45) is 0 Å². The Kier molecular flexibility index (Phi) is 4.62. The molecule has 1 fully saturated rings. The van der Waals surface area contributed by atoms with Gasteiger partial charge in [-0.1, -0.05) is 6.92 Å². The zero-order valence-electron chi connectivity index (χ0n) is 12.6. The largest absolute Gasteiger partial charge is 0.391 e. The molecule has 116 valence electrons. The van der Waals surface area contributed by atoms with Crippen LogP contribution in [0.4, 0.5) is 0 Å². The molecular formula is C16H24N2O2S. The molecule has 21 heavy (non-hydrogen) atoms. The second kappa shape index (κ2) is 6.46. The van der Waals surface area contributed by atoms with E-state index in [2.05, 4.69) is 23.3 Å². The van der Waals surface area contributed by atoms with E-state index in [1.54, 1.807) is 11.3 Å². The van der Waals surface area contributed by atoms with Gasteiger partial charge in [0.05, 0.1) is 12.1 Å². The molecule has 0 aromatic carbocycles. The lowest BCUT2D eigenvalue weighted by Gasteiger charge is -2.38. The van der Waals surface area contributed by atoms with E-state index in [0.717, 1.165) is 45.3 Å². The third-order valence-electron chi connectivity index (χ3n) is 4.67. The maximum atomic E-state index is 12.8. The number of rotatable bonds is 3. The summed E-state index contributed by atoms with van der Waals surface area (Å²) in [6.07, 6.45) is 3.28. The molecular weight excluding hydrogens is 284 g/mol. The Hall–Kier alpha value is -0.910. The molecule has 1 saturated heterocycles. The fourth-order valence-electron chi connectivity index (χ4n) is 3.48. The highest BCUT2D eigenvalue weighted by atomic mass is 32.1. The van der Waals surface area contributed by atoms with Crippen LogP contribution >= 0.6 is 11.3 Å². The van der Waals surface area contributed by atoms with Crippen molar-refractivity contribution in [3.05, 3.63) is 21.9 Å². The molecule has 3 heterocycles. The number of amides is 1. The summed E-state index contributed by atoms with van der Waals surface area (Å²) in [5.74, 6) is 0.205. The van der Waals surface area contributed by atoms with E-state index in [9.17, 15) is 9.90 Å². The van der Waals surface area contributed by atoms with E-state index in [1.807, 2.05) is 4.90 Å². The SMILES string of the molecule is CCC(C(=O)N1CCCC(O)C1)N1CCc2ccsc2C1. The van der Waals surface area contributed by atoms with Crippen molar-refractivity contribution >= 4 is 17.2 Å². The van der Waals surface area contributed by atoms with E-state index >= 15 is 0 Å². The lowest BCUT2D eigenvalue weighted by atomic mass is 10.0. The maximum Gasteiger partial charge on any atom is 0.240 e. The van der Waals surface area contributed by atoms with Crippen LogP contribution in [0.25, 0.3) is 0 Å². The zero-order chi connectivity index (χ0) is 14.8. The molecule has 1 aromatic heterocycles. The average Bonchev–Trinajstić information content (AvgIpc) is 2.95. The number of fused-ring (bicyclic) bond motifs is 1. The summed E-state index contributed by atoms with van der Waals surface area (Å²) >= 11 is 1.80. The number of carbonyl (C=O) groups is 1. The number of aliphatic hydroxyl groups is 1. The number of likely N-dealkylation sites (tertiary alicyclic amines) is 1. The van der Waals surface area contributed by atoms with Crippen LogP contribution in [0, 0.1) is 0 Å². The lowest BCUT2D eigenvalue weighted by Crippen LogP contribution is -2.52. The first-order valence-corrected chi connectivity index (χ1v) is 8.83. The monoisotopic (exact) mass is 308 g/mol. The van der Waals surface area contributed by atoms with Crippen LogP contribution in [0.3, 0.4) is 0 Å². The standard InChI is InChI=1S/C16H24N2O2S/c1-2-14(16(20)18-7-3-4-13(19)10-18)17-8-5-12-6-9-21-15(12)11-17/h6,9,13-14,19H,2-5,7-8,10-11H2,1H3. The van der Waals surface area contributed by atoms with Gasteiger partial charge in [-0.05, 0) is 42.7 Å². The van der Waals surface area contributed by atoms with Gasteiger partial charge in [-0.2, -0.15) is 0 Å². The van der Waals surface area contributed by atoms with Gasteiger partial charge in [0.25, 0.3) is 0 Å². The highest BCUT2D eigenvalue weighted by Crippen LogP contribution is 2.27. The Morgan fingerprint density at radius 1 is 1.52 bits per heavy atom. The summed E-state index contributed by atoms with van der Waals surface area (Å²) < 4.78 is 0. The fraction of sp³-hybridized carbons (Fsp3) is 0.688. The molecule has 0 saturated carbocycles. The van der Waals surface area contributed by atoms with Gasteiger partial charge >= 0.3 is 0 Å². The second-order valence-corrected chi connectivity index (χ2v) is 7.09. The molecule has 1 amide bonds. The van der Waals surface area contributed by atoms with Crippen LogP contribution in [-0.2, 0) is 17.8 Å². The number of β-amino-alcohol motifs (C(OH)–C–C–N with tert-alkyl or cyclic N) is 1. The number of hydrogen-bond donors (Lipinski definition) is 1. The third kappa shape index (κ3) is 3.15. The normalized spacial score (nSPS) is 24.7. The number of aliphatic hydroxyl groups excluding tert-OH is 1. The Labute approximate surface area is 130 Å². The minimum Gasteiger partial charge on any atom is -0.391 e. The highest BCUT2D eigenvalue weighted by Gasteiger charge is 2.32. The van der Waals surface area contributed by atoms with Crippen LogP contribution in [-0.4, -0.2) is 52.6 Å². The van der Waals surface area contributed by atoms with Crippen molar-refractivity contribution in [2.45, 2.75) is 51.3 Å². The molecule has 0 bridgehead atoms. The summed E-state index contributed by atoms with van der Waals surface area (Å²) in [5.41, 5.74) is 1.45. The predicted octanol–water partition coefficient (Wildman–Crippen LogP) is 1.87. The van der Waals surface area contributed by atoms with E-state index in [0.29, 0.717) is 6.54 Å². The first kappa shape index (κ1) is 15.0. The molecule has 5 heteroatoms. The highest BCUT2D eigenvalue weighted by molar-refractivity contribution is 7.10. The summed E-state index contributed by atoms with van der Waals surface area (Å²) in [4.78, 5) is 18.4. The van der Waals surface area contributed by atoms with Crippen LogP contribution in [0.5, 0.6) is 0 Å². The zero-order valence-corrected chi connectivity index (χ0v) is 13.4. The molecule has 0 spiro atoms. The van der Waals surface area contributed by atoms with Crippen LogP contribution in [0.15, 0.2) is 11.4 Å². The van der Waals surface area contributed by atoms with Crippen molar-refractivity contribution in [1.29, 1.82) is 0 Å². The van der Waals surface area contributed by atoms with Gasteiger partial charge in [-0.3, -0.25) is 9.69 Å². The molecule has 1 aromatic rings. The molecule has 2 aliphatic rings. The second-order valence-electron chi connectivity index (χ2n) is 6.09. The minimum atomic E-state index is -0.342. The topological polar surface area (TPSA) is 43.8 Å². The van der Waals surface area contributed by atoms with E-state index < -0.39 is 0 Å². The van der Waals surface area contributed by atoms with Crippen LogP contribution in [0.1, 0.15) is 36.6 Å². The van der Waals surface area contributed by atoms with Gasteiger partial charge in [-0.25, -0.2) is 0 Å². The summed E-state index contributed by atoms with van der Waals surface area (Å²) in [6, 6.07) is 2.17. The number of piperidine rings is 1. The first-order valence-electron chi connectivity index (χ1n) is 7.95. The van der Waals surface area contributed by atoms with E-state index in [1.165, 1.54) is 10.4 Å². The molecule has 0 aliphatic carbocycles. The quantitative estimate of drug-likeness (QED) is 0.927. The Balaban J connectivity index is 1.69. The number of hydrogen-bond acceptors (Lipinski definition) is 4. The third-order valence-corrected chi connectivity index (χ3v) is 5.62. The van der Waals surface area contributed by atoms with Crippen molar-refractivity contribution in [3.63, 3.8) is 0 Å². The molecule has 2 atom stereocenters. The molecule has 0 radical (unpaired) electrons. The Morgan fingerprint density at radius 2 is 2.38 bits per heavy atom. The number of carbonyl (C=O) groups excluding carboxylic acids is 1. The van der Waals surface area contributed by atoms with Crippen LogP contribution in [0.2, 0.25) is 0 Å². The lowest BCUT2D eigenvalue weighted by molar-refractivity contribution is -0.140. The van der Waals surface area contributed by atoms with Gasteiger partial charge in [0.1, 0.15) is 0 Å². The molecule has 2 unspecified atom stereocenters. The first-order chi connectivity index (χ1) is 10.2. The summed E-state index contributed by atoms with van der Waals surface area (Å²) in [5, 5.41) is 11.9. The Morgan fingerprint density at radius 3 is 3.14 bits per heavy atom. The minimum absolute atomic E-state index is 0.0365. The number of nitrogens with zero attached hydrogens (tertiary/aromatic N) is 2. The predicted molar refractivity (Wildman–Crippen MR) is 84.3 cm³/mol. The summed E-state index contributed by atoms with van der Waals surface area (Å²) in [7, 11) is 0. The summed E-state index contributed by atoms with van der Waals surface area (Å²) in [6.45, 7) is 5.25. The molecule has 1 N–H and O–H groups in total. The average molecular weight is 308 g/mol. The fourth-order valence-corrected chi connectivity index (χ4v) is 4.44. The number of thiophene rings is 1. The van der Waals surface area contributed by atoms with Gasteiger partial charge in [0.15, 0.2) is 0 Å². The smallest absolute Gasteiger partial charge is 0.240 e. The van der Waals surface area contributed by atoms with Crippen molar-refractivity contribution in [2.75, 3.05) is 19.6 Å². The molecule has 4 nitrogen and oxygen atoms in total. The maximum absolute atomic E-state index is 12.8. The van der Waals surface area contributed by atoms with Crippen molar-refractivity contribution in [1.82, 2.24) is 9.80 Å². The van der Waals surface area contributed by atoms with E-state index in [-0.39, 0.29) is 18.1 Å². The van der Waals surface area contributed by atoms with Crippen LogP contribution < -0.4 is 0 Å². The molecule has 2 aliphatic heterocycles. The van der Waals surface area contributed by atoms with Gasteiger partial charge < -0.3 is 10.0 Å². The van der Waals surface area contributed by atoms with Crippen molar-refractivity contribution < 1.29 is 9.90 Å². The molecule has 3 rings (SSSR count). The Bertz CT molecular complexity index is 502. The van der Waals surface area contributed by atoms with Gasteiger partial charge in [0, 0.05) is 31.1 Å². The van der Waals surface area contributed by atoms with E-state index in [4.69, 9.17) is 0 Å². The van der Waals surface area contributed by atoms with Crippen molar-refractivity contribution in [3.8, 4) is 0 Å². The van der Waals surface area contributed by atoms with Gasteiger partial charge in [-0.15, -0.1) is 11.3 Å². The van der Waals surface area contributed by atoms with Gasteiger partial charge in [0.2, 0.25) is 5.91 Å².